The molecule has 1 unspecified atom stereocenters. The summed E-state index contributed by atoms with van der Waals surface area (Å²) in [6.45, 7) is 2.16. The second-order valence-corrected chi connectivity index (χ2v) is 5.97. The summed E-state index contributed by atoms with van der Waals surface area (Å²) in [7, 11) is 0. The first-order valence-corrected chi connectivity index (χ1v) is 7.60. The second-order valence-electron chi connectivity index (χ2n) is 5.97. The van der Waals surface area contributed by atoms with Gasteiger partial charge in [-0.15, -0.1) is 0 Å². The van der Waals surface area contributed by atoms with Crippen molar-refractivity contribution in [3.63, 3.8) is 0 Å². The third-order valence-electron chi connectivity index (χ3n) is 4.37. The van der Waals surface area contributed by atoms with Crippen LogP contribution >= 0.6 is 0 Å². The van der Waals surface area contributed by atoms with Crippen LogP contribution in [0.25, 0.3) is 0 Å². The van der Waals surface area contributed by atoms with Gasteiger partial charge in [0, 0.05) is 12.5 Å². The molecule has 4 nitrogen and oxygen atoms in total. The molecule has 1 saturated carbocycles. The molecular formula is C16H20N4. The van der Waals surface area contributed by atoms with Gasteiger partial charge in [-0.05, 0) is 37.8 Å². The van der Waals surface area contributed by atoms with Crippen molar-refractivity contribution >= 4 is 0 Å². The third-order valence-corrected chi connectivity index (χ3v) is 4.37. The number of hydrogen-bond acceptors (Lipinski definition) is 3. The Kier molecular flexibility index (Phi) is 3.03. The molecule has 4 rings (SSSR count). The molecular weight excluding hydrogens is 248 g/mol. The maximum Gasteiger partial charge on any atom is 0.153 e. The number of H-pyrrole nitrogens is 1. The van der Waals surface area contributed by atoms with Crippen LogP contribution in [0.2, 0.25) is 0 Å². The lowest BCUT2D eigenvalue weighted by molar-refractivity contribution is 0.240. The molecule has 1 saturated heterocycles. The van der Waals surface area contributed by atoms with Gasteiger partial charge in [0.2, 0.25) is 0 Å². The molecule has 1 atom stereocenters. The van der Waals surface area contributed by atoms with Gasteiger partial charge in [0.05, 0.1) is 6.04 Å². The van der Waals surface area contributed by atoms with Crippen LogP contribution in [0.3, 0.4) is 0 Å². The second kappa shape index (κ2) is 5.02. The number of nitrogens with one attached hydrogen (secondary N) is 1. The number of hydrogen-bond donors (Lipinski definition) is 1. The van der Waals surface area contributed by atoms with E-state index >= 15 is 0 Å². The molecule has 0 bridgehead atoms. The van der Waals surface area contributed by atoms with Crippen LogP contribution in [0.5, 0.6) is 0 Å². The lowest BCUT2D eigenvalue weighted by Gasteiger charge is -2.22. The first-order valence-electron chi connectivity index (χ1n) is 7.60. The zero-order valence-corrected chi connectivity index (χ0v) is 11.6. The Morgan fingerprint density at radius 3 is 2.80 bits per heavy atom. The Morgan fingerprint density at radius 1 is 1.15 bits per heavy atom. The highest BCUT2D eigenvalue weighted by Crippen LogP contribution is 2.39. The quantitative estimate of drug-likeness (QED) is 0.927. The molecule has 104 valence electrons. The highest BCUT2D eigenvalue weighted by Gasteiger charge is 2.32. The van der Waals surface area contributed by atoms with Crippen LogP contribution in [-0.2, 0) is 6.54 Å². The molecule has 1 aromatic heterocycles. The van der Waals surface area contributed by atoms with Gasteiger partial charge in [-0.1, -0.05) is 30.3 Å². The average molecular weight is 268 g/mol. The molecule has 0 radical (unpaired) electrons. The van der Waals surface area contributed by atoms with Crippen LogP contribution in [0, 0.1) is 0 Å². The number of rotatable bonds is 4. The van der Waals surface area contributed by atoms with Gasteiger partial charge < -0.3 is 0 Å². The monoisotopic (exact) mass is 268 g/mol. The van der Waals surface area contributed by atoms with Crippen molar-refractivity contribution in [3.05, 3.63) is 47.5 Å². The summed E-state index contributed by atoms with van der Waals surface area (Å²) in [6.07, 6.45) is 4.95. The highest BCUT2D eigenvalue weighted by atomic mass is 15.3. The van der Waals surface area contributed by atoms with Crippen molar-refractivity contribution < 1.29 is 0 Å². The molecule has 2 fully saturated rings. The zero-order valence-electron chi connectivity index (χ0n) is 11.6. The van der Waals surface area contributed by atoms with E-state index in [-0.39, 0.29) is 0 Å². The van der Waals surface area contributed by atoms with Gasteiger partial charge in [0.1, 0.15) is 5.82 Å². The van der Waals surface area contributed by atoms with E-state index in [2.05, 4.69) is 45.4 Å². The molecule has 4 heteroatoms. The van der Waals surface area contributed by atoms with Crippen molar-refractivity contribution in [2.24, 2.45) is 0 Å². The molecule has 2 heterocycles. The maximum atomic E-state index is 4.74. The van der Waals surface area contributed by atoms with Gasteiger partial charge in [-0.25, -0.2) is 4.98 Å². The number of aromatic amines is 1. The normalized spacial score (nSPS) is 23.3. The van der Waals surface area contributed by atoms with Crippen LogP contribution < -0.4 is 0 Å². The fraction of sp³-hybridized carbons (Fsp3) is 0.500. The Bertz CT molecular complexity index is 573. The zero-order chi connectivity index (χ0) is 13.4. The summed E-state index contributed by atoms with van der Waals surface area (Å²) in [6, 6.07) is 11.1. The first kappa shape index (κ1) is 12.1. The average Bonchev–Trinajstić information content (AvgIpc) is 3.04. The minimum atomic E-state index is 0.412. The SMILES string of the molecule is c1ccc(CN2CCCC2c2nc(C3CC3)n[nH]2)cc1. The molecule has 20 heavy (non-hydrogen) atoms. The fourth-order valence-corrected chi connectivity index (χ4v) is 3.10. The van der Waals surface area contributed by atoms with E-state index in [9.17, 15) is 0 Å². The van der Waals surface area contributed by atoms with Crippen molar-refractivity contribution in [2.75, 3.05) is 6.54 Å². The number of benzene rings is 1. The lowest BCUT2D eigenvalue weighted by Crippen LogP contribution is -2.23. The number of likely N-dealkylation sites (tertiary alicyclic amines) is 1. The van der Waals surface area contributed by atoms with Crippen molar-refractivity contribution in [1.29, 1.82) is 0 Å². The minimum absolute atomic E-state index is 0.412. The summed E-state index contributed by atoms with van der Waals surface area (Å²) in [5.74, 6) is 2.73. The minimum Gasteiger partial charge on any atom is -0.289 e. The van der Waals surface area contributed by atoms with E-state index in [1.54, 1.807) is 0 Å². The van der Waals surface area contributed by atoms with Crippen molar-refractivity contribution in [3.8, 4) is 0 Å². The van der Waals surface area contributed by atoms with Crippen molar-refractivity contribution in [2.45, 2.75) is 44.2 Å². The van der Waals surface area contributed by atoms with E-state index in [0.29, 0.717) is 12.0 Å². The molecule has 0 amide bonds. The van der Waals surface area contributed by atoms with E-state index in [1.165, 1.54) is 31.2 Å². The van der Waals surface area contributed by atoms with Gasteiger partial charge in [0.15, 0.2) is 5.82 Å². The summed E-state index contributed by atoms with van der Waals surface area (Å²) in [5, 5.41) is 7.58. The van der Waals surface area contributed by atoms with Crippen LogP contribution in [0.4, 0.5) is 0 Å². The Morgan fingerprint density at radius 2 is 2.00 bits per heavy atom. The van der Waals surface area contributed by atoms with Gasteiger partial charge >= 0.3 is 0 Å². The molecule has 0 spiro atoms. The van der Waals surface area contributed by atoms with Gasteiger partial charge in [0.25, 0.3) is 0 Å². The fourth-order valence-electron chi connectivity index (χ4n) is 3.10. The summed E-state index contributed by atoms with van der Waals surface area (Å²) in [4.78, 5) is 7.26. The predicted molar refractivity (Wildman–Crippen MR) is 77.2 cm³/mol. The van der Waals surface area contributed by atoms with Crippen LogP contribution in [0.15, 0.2) is 30.3 Å². The molecule has 1 aliphatic heterocycles. The Labute approximate surface area is 119 Å². The van der Waals surface area contributed by atoms with Gasteiger partial charge in [-0.2, -0.15) is 5.10 Å². The molecule has 2 aromatic rings. The van der Waals surface area contributed by atoms with E-state index in [1.807, 2.05) is 0 Å². The largest absolute Gasteiger partial charge is 0.289 e. The number of aromatic nitrogens is 3. The highest BCUT2D eigenvalue weighted by molar-refractivity contribution is 5.15. The molecule has 1 aliphatic carbocycles. The lowest BCUT2D eigenvalue weighted by atomic mass is 10.1. The molecule has 1 aromatic carbocycles. The first-order chi connectivity index (χ1) is 9.90. The topological polar surface area (TPSA) is 44.8 Å². The Balaban J connectivity index is 1.51. The summed E-state index contributed by atoms with van der Waals surface area (Å²) < 4.78 is 0. The number of nitrogens with zero attached hydrogens (tertiary/aromatic N) is 3. The third kappa shape index (κ3) is 2.36. The van der Waals surface area contributed by atoms with E-state index in [0.717, 1.165) is 24.7 Å². The summed E-state index contributed by atoms with van der Waals surface area (Å²) >= 11 is 0. The van der Waals surface area contributed by atoms with Crippen LogP contribution in [-0.4, -0.2) is 26.6 Å². The van der Waals surface area contributed by atoms with Crippen LogP contribution in [0.1, 0.15) is 54.9 Å². The molecule has 1 N–H and O–H groups in total. The summed E-state index contributed by atoms with van der Waals surface area (Å²) in [5.41, 5.74) is 1.38. The maximum absolute atomic E-state index is 4.74. The van der Waals surface area contributed by atoms with Crippen molar-refractivity contribution in [1.82, 2.24) is 20.1 Å². The predicted octanol–water partition coefficient (Wildman–Crippen LogP) is 3.02. The van der Waals surface area contributed by atoms with E-state index in [4.69, 9.17) is 4.98 Å². The standard InChI is InChI=1S/C16H20N4/c1-2-5-12(6-3-1)11-20-10-4-7-14(20)16-17-15(18-19-16)13-8-9-13/h1-3,5-6,13-14H,4,7-11H2,(H,17,18,19). The molecule has 2 aliphatic rings. The van der Waals surface area contributed by atoms with Gasteiger partial charge in [-0.3, -0.25) is 10.00 Å². The smallest absolute Gasteiger partial charge is 0.153 e. The van der Waals surface area contributed by atoms with E-state index < -0.39 is 0 Å². The Hall–Kier alpha value is -1.68.